The van der Waals surface area contributed by atoms with Gasteiger partial charge in [-0.3, -0.25) is 0 Å². The highest BCUT2D eigenvalue weighted by Gasteiger charge is 2.26. The van der Waals surface area contributed by atoms with Gasteiger partial charge in [0.25, 0.3) is 0 Å². The Labute approximate surface area is 117 Å². The second kappa shape index (κ2) is 5.88. The van der Waals surface area contributed by atoms with Crippen molar-refractivity contribution in [3.05, 3.63) is 10.6 Å². The molecule has 1 atom stereocenters. The number of carbonyl (C=O) groups is 1. The van der Waals surface area contributed by atoms with Crippen molar-refractivity contribution in [1.82, 2.24) is 9.88 Å². The van der Waals surface area contributed by atoms with E-state index < -0.39 is 5.97 Å². The molecule has 6 heteroatoms. The summed E-state index contributed by atoms with van der Waals surface area (Å²) in [5.74, 6) is -0.853. The zero-order valence-electron chi connectivity index (χ0n) is 11.7. The molecule has 5 nitrogen and oxygen atoms in total. The van der Waals surface area contributed by atoms with Gasteiger partial charge in [0.2, 0.25) is 0 Å². The van der Waals surface area contributed by atoms with Crippen molar-refractivity contribution in [1.29, 1.82) is 0 Å². The quantitative estimate of drug-likeness (QED) is 0.915. The summed E-state index contributed by atoms with van der Waals surface area (Å²) in [6, 6.07) is 0.376. The molecule has 0 radical (unpaired) electrons. The lowest BCUT2D eigenvalue weighted by atomic mass is 10.2. The van der Waals surface area contributed by atoms with Gasteiger partial charge in [0.15, 0.2) is 5.13 Å². The summed E-state index contributed by atoms with van der Waals surface area (Å²) in [4.78, 5) is 20.8. The van der Waals surface area contributed by atoms with E-state index in [0.717, 1.165) is 43.3 Å². The Morgan fingerprint density at radius 1 is 1.53 bits per heavy atom. The van der Waals surface area contributed by atoms with Crippen LogP contribution in [0.1, 0.15) is 35.6 Å². The number of aryl methyl sites for hydroxylation is 1. The van der Waals surface area contributed by atoms with Crippen molar-refractivity contribution in [2.24, 2.45) is 0 Å². The number of carboxylic acids is 1. The zero-order valence-corrected chi connectivity index (χ0v) is 12.5. The Hall–Kier alpha value is -1.14. The topological polar surface area (TPSA) is 56.7 Å². The van der Waals surface area contributed by atoms with Crippen LogP contribution in [0.15, 0.2) is 0 Å². The van der Waals surface area contributed by atoms with Gasteiger partial charge in [0.05, 0.1) is 5.69 Å². The number of hydrogen-bond donors (Lipinski definition) is 1. The second-order valence-corrected chi connectivity index (χ2v) is 6.11. The monoisotopic (exact) mass is 283 g/mol. The van der Waals surface area contributed by atoms with Crippen molar-refractivity contribution in [2.45, 2.75) is 32.7 Å². The molecule has 1 aliphatic rings. The highest BCUT2D eigenvalue weighted by Crippen LogP contribution is 2.29. The minimum atomic E-state index is -0.853. The van der Waals surface area contributed by atoms with Crippen molar-refractivity contribution < 1.29 is 9.90 Å². The van der Waals surface area contributed by atoms with E-state index in [9.17, 15) is 9.90 Å². The van der Waals surface area contributed by atoms with Crippen molar-refractivity contribution >= 4 is 22.4 Å². The molecule has 1 N–H and O–H groups in total. The third kappa shape index (κ3) is 3.06. The summed E-state index contributed by atoms with van der Waals surface area (Å²) in [5, 5.41) is 10.1. The second-order valence-electron chi connectivity index (χ2n) is 5.13. The first-order valence-electron chi connectivity index (χ1n) is 6.71. The maximum Gasteiger partial charge on any atom is 0.347 e. The van der Waals surface area contributed by atoms with Crippen LogP contribution < -0.4 is 4.90 Å². The normalized spacial score (nSPS) is 20.8. The lowest BCUT2D eigenvalue weighted by Gasteiger charge is -2.38. The molecule has 19 heavy (non-hydrogen) atoms. The van der Waals surface area contributed by atoms with Gasteiger partial charge in [0, 0.05) is 25.7 Å². The number of nitrogens with zero attached hydrogens (tertiary/aromatic N) is 3. The Morgan fingerprint density at radius 3 is 2.84 bits per heavy atom. The van der Waals surface area contributed by atoms with E-state index >= 15 is 0 Å². The molecule has 1 aromatic rings. The standard InChI is InChI=1S/C13H21N3O2S/c1-4-5-10-11(12(17)18)19-13(14-10)16-7-6-15(3)8-9(16)2/h9H,4-8H2,1-3H3,(H,17,18). The smallest absolute Gasteiger partial charge is 0.347 e. The molecule has 0 aliphatic carbocycles. The van der Waals surface area contributed by atoms with E-state index in [0.29, 0.717) is 10.9 Å². The molecule has 0 saturated carbocycles. The van der Waals surface area contributed by atoms with Crippen molar-refractivity contribution in [2.75, 3.05) is 31.6 Å². The average Bonchev–Trinajstić information content (AvgIpc) is 2.73. The Morgan fingerprint density at radius 2 is 2.26 bits per heavy atom. The zero-order chi connectivity index (χ0) is 14.0. The van der Waals surface area contributed by atoms with Gasteiger partial charge >= 0.3 is 5.97 Å². The van der Waals surface area contributed by atoms with Crippen LogP contribution in [0.2, 0.25) is 0 Å². The van der Waals surface area contributed by atoms with E-state index in [-0.39, 0.29) is 0 Å². The van der Waals surface area contributed by atoms with Crippen LogP contribution in [-0.4, -0.2) is 53.7 Å². The Kier molecular flexibility index (Phi) is 4.42. The van der Waals surface area contributed by atoms with E-state index in [1.54, 1.807) is 0 Å². The summed E-state index contributed by atoms with van der Waals surface area (Å²) in [6.07, 6.45) is 1.65. The molecule has 1 unspecified atom stereocenters. The summed E-state index contributed by atoms with van der Waals surface area (Å²) in [6.45, 7) is 7.11. The number of piperazine rings is 1. The first-order chi connectivity index (χ1) is 9.02. The van der Waals surface area contributed by atoms with Crippen LogP contribution in [0.5, 0.6) is 0 Å². The number of hydrogen-bond acceptors (Lipinski definition) is 5. The van der Waals surface area contributed by atoms with Gasteiger partial charge in [-0.1, -0.05) is 24.7 Å². The number of likely N-dealkylation sites (N-methyl/N-ethyl adjacent to an activating group) is 1. The van der Waals surface area contributed by atoms with Crippen molar-refractivity contribution in [3.8, 4) is 0 Å². The van der Waals surface area contributed by atoms with Crippen LogP contribution >= 0.6 is 11.3 Å². The SMILES string of the molecule is CCCc1nc(N2CCN(C)CC2C)sc1C(=O)O. The molecule has 1 aromatic heterocycles. The van der Waals surface area contributed by atoms with E-state index in [1.807, 2.05) is 6.92 Å². The molecule has 0 amide bonds. The van der Waals surface area contributed by atoms with Gasteiger partial charge in [0.1, 0.15) is 4.88 Å². The Bertz CT molecular complexity index is 461. The van der Waals surface area contributed by atoms with E-state index in [1.165, 1.54) is 11.3 Å². The Balaban J connectivity index is 2.25. The number of rotatable bonds is 4. The number of aromatic carboxylic acids is 1. The fourth-order valence-electron chi connectivity index (χ4n) is 2.46. The number of carboxylic acid groups (broad SMARTS) is 1. The van der Waals surface area contributed by atoms with Crippen molar-refractivity contribution in [3.63, 3.8) is 0 Å². The minimum Gasteiger partial charge on any atom is -0.477 e. The first-order valence-corrected chi connectivity index (χ1v) is 7.52. The molecule has 2 rings (SSSR count). The third-order valence-electron chi connectivity index (χ3n) is 3.44. The molecule has 106 valence electrons. The lowest BCUT2D eigenvalue weighted by Crippen LogP contribution is -2.50. The average molecular weight is 283 g/mol. The summed E-state index contributed by atoms with van der Waals surface area (Å²) < 4.78 is 0. The molecule has 0 bridgehead atoms. The molecule has 0 spiro atoms. The lowest BCUT2D eigenvalue weighted by molar-refractivity contribution is 0.0700. The highest BCUT2D eigenvalue weighted by atomic mass is 32.1. The van der Waals surface area contributed by atoms with Crippen LogP contribution in [0.4, 0.5) is 5.13 Å². The van der Waals surface area contributed by atoms with Crippen LogP contribution in [0, 0.1) is 0 Å². The molecule has 0 aromatic carbocycles. The number of anilines is 1. The van der Waals surface area contributed by atoms with Gasteiger partial charge in [-0.05, 0) is 20.4 Å². The maximum absolute atomic E-state index is 11.3. The fourth-order valence-corrected chi connectivity index (χ4v) is 3.54. The highest BCUT2D eigenvalue weighted by molar-refractivity contribution is 7.17. The predicted octanol–water partition coefficient (Wildman–Crippen LogP) is 1.93. The molecular weight excluding hydrogens is 262 g/mol. The molecular formula is C13H21N3O2S. The van der Waals surface area contributed by atoms with Gasteiger partial charge in [-0.15, -0.1) is 0 Å². The van der Waals surface area contributed by atoms with Crippen LogP contribution in [0.25, 0.3) is 0 Å². The minimum absolute atomic E-state index is 0.376. The van der Waals surface area contributed by atoms with Gasteiger partial charge < -0.3 is 14.9 Å². The molecule has 1 fully saturated rings. The molecule has 2 heterocycles. The van der Waals surface area contributed by atoms with Gasteiger partial charge in [-0.2, -0.15) is 0 Å². The molecule has 1 saturated heterocycles. The summed E-state index contributed by atoms with van der Waals surface area (Å²) in [5.41, 5.74) is 0.737. The summed E-state index contributed by atoms with van der Waals surface area (Å²) >= 11 is 1.32. The predicted molar refractivity (Wildman–Crippen MR) is 77.4 cm³/mol. The first kappa shape index (κ1) is 14.3. The maximum atomic E-state index is 11.3. The third-order valence-corrected chi connectivity index (χ3v) is 4.57. The number of thiazole rings is 1. The largest absolute Gasteiger partial charge is 0.477 e. The van der Waals surface area contributed by atoms with E-state index in [4.69, 9.17) is 0 Å². The van der Waals surface area contributed by atoms with Gasteiger partial charge in [-0.25, -0.2) is 9.78 Å². The number of aromatic nitrogens is 1. The van der Waals surface area contributed by atoms with Crippen LogP contribution in [-0.2, 0) is 6.42 Å². The fraction of sp³-hybridized carbons (Fsp3) is 0.692. The molecule has 1 aliphatic heterocycles. The van der Waals surface area contributed by atoms with E-state index in [2.05, 4.69) is 28.8 Å². The van der Waals surface area contributed by atoms with Crippen LogP contribution in [0.3, 0.4) is 0 Å². The summed E-state index contributed by atoms with van der Waals surface area (Å²) in [7, 11) is 2.11.